The van der Waals surface area contributed by atoms with Crippen LogP contribution in [0.4, 0.5) is 0 Å². The van der Waals surface area contributed by atoms with Gasteiger partial charge in [-0.2, -0.15) is 0 Å². The lowest BCUT2D eigenvalue weighted by Crippen LogP contribution is -2.44. The van der Waals surface area contributed by atoms with Gasteiger partial charge in [0.25, 0.3) is 5.56 Å². The Morgan fingerprint density at radius 2 is 1.95 bits per heavy atom. The van der Waals surface area contributed by atoms with E-state index in [0.29, 0.717) is 14.9 Å². The molecule has 0 radical (unpaired) electrons. The van der Waals surface area contributed by atoms with Crippen molar-refractivity contribution in [3.8, 4) is 17.2 Å². The van der Waals surface area contributed by atoms with Gasteiger partial charge in [0.05, 0.1) is 35.9 Å². The van der Waals surface area contributed by atoms with Crippen LogP contribution in [-0.4, -0.2) is 23.9 Å². The first-order chi connectivity index (χ1) is 18.0. The Kier molecular flexibility index (Phi) is 6.05. The van der Waals surface area contributed by atoms with E-state index < -0.39 is 0 Å². The average molecular weight is 533 g/mol. The molecular weight excluding hydrogens is 508 g/mol. The third kappa shape index (κ3) is 4.03. The monoisotopic (exact) mass is 532 g/mol. The van der Waals surface area contributed by atoms with Crippen LogP contribution >= 0.6 is 22.9 Å². The molecule has 1 aliphatic heterocycles. The Balaban J connectivity index is 1.59. The molecule has 0 bridgehead atoms. The maximum atomic E-state index is 13.9. The van der Waals surface area contributed by atoms with Gasteiger partial charge in [-0.1, -0.05) is 59.3 Å². The highest BCUT2D eigenvalue weighted by molar-refractivity contribution is 7.07. The Labute approximate surface area is 222 Å². The highest BCUT2D eigenvalue weighted by Crippen LogP contribution is 2.46. The number of methoxy groups -OCH3 is 2. The molecule has 1 aliphatic carbocycles. The summed E-state index contributed by atoms with van der Waals surface area (Å²) in [6, 6.07) is 19.5. The lowest BCUT2D eigenvalue weighted by Gasteiger charge is -2.39. The molecule has 6 rings (SSSR count). The first kappa shape index (κ1) is 23.8. The fraction of sp³-hybridized carbons (Fsp3) is 0.241. The second-order valence-electron chi connectivity index (χ2n) is 9.32. The molecule has 8 heteroatoms. The SMILES string of the molecule is COc1cccc([C@@H]2[C@@H]3CCc4ccccc4[C@H]3N=c3s/c(=C\c4cc(Cl)c(O)c(OC)c4)c(=O)n32)c1. The number of fused-ring (bicyclic) bond motifs is 4. The van der Waals surface area contributed by atoms with E-state index in [4.69, 9.17) is 26.1 Å². The molecule has 1 aromatic heterocycles. The Morgan fingerprint density at radius 1 is 1.11 bits per heavy atom. The van der Waals surface area contributed by atoms with Gasteiger partial charge >= 0.3 is 0 Å². The zero-order valence-corrected chi connectivity index (χ0v) is 21.9. The van der Waals surface area contributed by atoms with Crippen LogP contribution in [0.15, 0.2) is 70.5 Å². The first-order valence-corrected chi connectivity index (χ1v) is 13.3. The van der Waals surface area contributed by atoms with Crippen molar-refractivity contribution in [1.29, 1.82) is 0 Å². The smallest absolute Gasteiger partial charge is 0.270 e. The van der Waals surface area contributed by atoms with Crippen LogP contribution in [0, 0.1) is 5.92 Å². The van der Waals surface area contributed by atoms with Gasteiger partial charge in [-0.05, 0) is 65.4 Å². The topological polar surface area (TPSA) is 73.1 Å². The van der Waals surface area contributed by atoms with Crippen LogP contribution in [0.3, 0.4) is 0 Å². The van der Waals surface area contributed by atoms with Crippen molar-refractivity contribution in [2.45, 2.75) is 24.9 Å². The number of ether oxygens (including phenoxy) is 2. The Morgan fingerprint density at radius 3 is 2.76 bits per heavy atom. The van der Waals surface area contributed by atoms with Crippen LogP contribution in [-0.2, 0) is 6.42 Å². The summed E-state index contributed by atoms with van der Waals surface area (Å²) in [5, 5.41) is 10.3. The molecule has 188 valence electrons. The summed E-state index contributed by atoms with van der Waals surface area (Å²) in [4.78, 5) is 19.8. The number of hydrogen-bond donors (Lipinski definition) is 1. The quantitative estimate of drug-likeness (QED) is 0.415. The predicted octanol–water partition coefficient (Wildman–Crippen LogP) is 4.64. The van der Waals surface area contributed by atoms with Gasteiger partial charge in [0.1, 0.15) is 5.75 Å². The summed E-state index contributed by atoms with van der Waals surface area (Å²) in [7, 11) is 3.12. The van der Waals surface area contributed by atoms with E-state index in [1.54, 1.807) is 25.3 Å². The predicted molar refractivity (Wildman–Crippen MR) is 145 cm³/mol. The molecule has 4 aromatic rings. The Bertz CT molecular complexity index is 1690. The van der Waals surface area contributed by atoms with Crippen molar-refractivity contribution >= 4 is 29.0 Å². The van der Waals surface area contributed by atoms with Crippen LogP contribution in [0.1, 0.15) is 40.8 Å². The summed E-state index contributed by atoms with van der Waals surface area (Å²) >= 11 is 7.58. The highest BCUT2D eigenvalue weighted by atomic mass is 35.5. The molecule has 0 fully saturated rings. The van der Waals surface area contributed by atoms with Crippen LogP contribution in [0.5, 0.6) is 17.2 Å². The molecule has 0 saturated heterocycles. The molecule has 0 saturated carbocycles. The number of halogens is 1. The average Bonchev–Trinajstić information content (AvgIpc) is 3.23. The van der Waals surface area contributed by atoms with Crippen molar-refractivity contribution in [1.82, 2.24) is 4.57 Å². The summed E-state index contributed by atoms with van der Waals surface area (Å²) in [5.41, 5.74) is 4.15. The first-order valence-electron chi connectivity index (χ1n) is 12.1. The van der Waals surface area contributed by atoms with Crippen molar-refractivity contribution in [3.05, 3.63) is 108 Å². The molecule has 3 atom stereocenters. The van der Waals surface area contributed by atoms with Crippen molar-refractivity contribution in [3.63, 3.8) is 0 Å². The molecule has 2 aliphatic rings. The van der Waals surface area contributed by atoms with Gasteiger partial charge in [-0.25, -0.2) is 0 Å². The van der Waals surface area contributed by atoms with Crippen LogP contribution in [0.25, 0.3) is 6.08 Å². The number of hydrogen-bond acceptors (Lipinski definition) is 6. The van der Waals surface area contributed by atoms with Crippen molar-refractivity contribution in [2.24, 2.45) is 10.9 Å². The molecule has 0 spiro atoms. The van der Waals surface area contributed by atoms with Crippen LogP contribution in [0.2, 0.25) is 5.02 Å². The molecule has 37 heavy (non-hydrogen) atoms. The maximum absolute atomic E-state index is 13.9. The second kappa shape index (κ2) is 9.39. The van der Waals surface area contributed by atoms with E-state index in [2.05, 4.69) is 30.3 Å². The number of aromatic hydroxyl groups is 1. The minimum absolute atomic E-state index is 0.0322. The number of thiazole rings is 1. The lowest BCUT2D eigenvalue weighted by molar-refractivity contribution is 0.252. The normalized spacial score (nSPS) is 20.4. The summed E-state index contributed by atoms with van der Waals surface area (Å²) < 4.78 is 13.2. The zero-order valence-electron chi connectivity index (χ0n) is 20.3. The largest absolute Gasteiger partial charge is 0.503 e. The van der Waals surface area contributed by atoms with Gasteiger partial charge < -0.3 is 14.6 Å². The number of phenolic OH excluding ortho intramolecular Hbond substituents is 1. The van der Waals surface area contributed by atoms with Crippen molar-refractivity contribution < 1.29 is 14.6 Å². The second-order valence-corrected chi connectivity index (χ2v) is 10.7. The number of benzene rings is 3. The van der Waals surface area contributed by atoms with Gasteiger partial charge in [-0.3, -0.25) is 14.4 Å². The van der Waals surface area contributed by atoms with Gasteiger partial charge in [0.15, 0.2) is 16.3 Å². The van der Waals surface area contributed by atoms with Gasteiger partial charge in [0, 0.05) is 5.92 Å². The minimum Gasteiger partial charge on any atom is -0.503 e. The molecule has 6 nitrogen and oxygen atoms in total. The van der Waals surface area contributed by atoms with E-state index in [1.807, 2.05) is 22.8 Å². The van der Waals surface area contributed by atoms with E-state index >= 15 is 0 Å². The number of aromatic nitrogens is 1. The van der Waals surface area contributed by atoms with E-state index in [-0.39, 0.29) is 40.1 Å². The Hall–Kier alpha value is -3.55. The standard InChI is InChI=1S/C29H25ClN2O4S/c1-35-19-8-5-7-18(15-19)26-21-11-10-17-6-3-4-9-20(17)25(21)31-29-32(26)28(34)24(37-29)14-16-12-22(30)27(33)23(13-16)36-2/h3-9,12-15,21,25-26,33H,10-11H2,1-2H3/b24-14-/t21-,25-,26-/m1/s1. The van der Waals surface area contributed by atoms with E-state index in [1.165, 1.54) is 29.6 Å². The molecular formula is C29H25ClN2O4S. The molecule has 2 heterocycles. The molecule has 0 unspecified atom stereocenters. The maximum Gasteiger partial charge on any atom is 0.270 e. The summed E-state index contributed by atoms with van der Waals surface area (Å²) in [6.07, 6.45) is 3.66. The molecule has 0 amide bonds. The highest BCUT2D eigenvalue weighted by Gasteiger charge is 2.40. The molecule has 3 aromatic carbocycles. The number of nitrogens with zero attached hydrogens (tertiary/aromatic N) is 2. The fourth-order valence-electron chi connectivity index (χ4n) is 5.60. The fourth-order valence-corrected chi connectivity index (χ4v) is 6.85. The van der Waals surface area contributed by atoms with Crippen LogP contribution < -0.4 is 24.4 Å². The third-order valence-corrected chi connectivity index (χ3v) is 8.59. The third-order valence-electron chi connectivity index (χ3n) is 7.30. The van der Waals surface area contributed by atoms with Gasteiger partial charge in [-0.15, -0.1) is 0 Å². The van der Waals surface area contributed by atoms with Crippen molar-refractivity contribution in [2.75, 3.05) is 14.2 Å². The lowest BCUT2D eigenvalue weighted by atomic mass is 9.74. The number of rotatable bonds is 4. The number of aryl methyl sites for hydroxylation is 1. The van der Waals surface area contributed by atoms with E-state index in [0.717, 1.165) is 24.2 Å². The zero-order chi connectivity index (χ0) is 25.7. The molecule has 1 N–H and O–H groups in total. The minimum atomic E-state index is -0.176. The van der Waals surface area contributed by atoms with E-state index in [9.17, 15) is 9.90 Å². The summed E-state index contributed by atoms with van der Waals surface area (Å²) in [5.74, 6) is 1.02. The van der Waals surface area contributed by atoms with Gasteiger partial charge in [0.2, 0.25) is 0 Å². The summed E-state index contributed by atoms with van der Waals surface area (Å²) in [6.45, 7) is 0. The number of phenols is 1.